The van der Waals surface area contributed by atoms with Gasteiger partial charge in [-0.15, -0.1) is 0 Å². The number of nitrogens with zero attached hydrogens (tertiary/aromatic N) is 2. The quantitative estimate of drug-likeness (QED) is 0.678. The summed E-state index contributed by atoms with van der Waals surface area (Å²) in [6, 6.07) is 7.65. The predicted octanol–water partition coefficient (Wildman–Crippen LogP) is 3.12. The Kier molecular flexibility index (Phi) is 4.13. The molecule has 21 heavy (non-hydrogen) atoms. The SMILES string of the molecule is Cc1nc2c(n1CCCOc1ccccc1N)CCCC2. The zero-order valence-electron chi connectivity index (χ0n) is 12.6. The van der Waals surface area contributed by atoms with Crippen LogP contribution in [0.5, 0.6) is 5.75 Å². The highest BCUT2D eigenvalue weighted by atomic mass is 16.5. The molecule has 0 saturated heterocycles. The number of para-hydroxylation sites is 2. The van der Waals surface area contributed by atoms with Crippen LogP contribution in [0.1, 0.15) is 36.5 Å². The zero-order valence-corrected chi connectivity index (χ0v) is 12.6. The average Bonchev–Trinajstić information content (AvgIpc) is 2.81. The third-order valence-electron chi connectivity index (χ3n) is 4.13. The summed E-state index contributed by atoms with van der Waals surface area (Å²) in [6.45, 7) is 3.76. The summed E-state index contributed by atoms with van der Waals surface area (Å²) in [5.74, 6) is 1.92. The van der Waals surface area contributed by atoms with Crippen LogP contribution in [0.4, 0.5) is 5.69 Å². The number of rotatable bonds is 5. The molecule has 3 rings (SSSR count). The maximum Gasteiger partial charge on any atom is 0.142 e. The van der Waals surface area contributed by atoms with Crippen LogP contribution in [0.3, 0.4) is 0 Å². The van der Waals surface area contributed by atoms with E-state index >= 15 is 0 Å². The number of anilines is 1. The summed E-state index contributed by atoms with van der Waals surface area (Å²) in [5, 5.41) is 0. The summed E-state index contributed by atoms with van der Waals surface area (Å²) in [5.41, 5.74) is 9.33. The van der Waals surface area contributed by atoms with E-state index in [0.29, 0.717) is 12.3 Å². The Morgan fingerprint density at radius 1 is 1.24 bits per heavy atom. The number of fused-ring (bicyclic) bond motifs is 1. The van der Waals surface area contributed by atoms with Crippen molar-refractivity contribution < 1.29 is 4.74 Å². The van der Waals surface area contributed by atoms with Crippen molar-refractivity contribution in [3.05, 3.63) is 41.5 Å². The summed E-state index contributed by atoms with van der Waals surface area (Å²) < 4.78 is 8.13. The normalized spacial score (nSPS) is 14.0. The molecule has 1 aliphatic rings. The first-order chi connectivity index (χ1) is 10.3. The lowest BCUT2D eigenvalue weighted by Crippen LogP contribution is -2.12. The summed E-state index contributed by atoms with van der Waals surface area (Å²) in [7, 11) is 0. The third-order valence-corrected chi connectivity index (χ3v) is 4.13. The fourth-order valence-corrected chi connectivity index (χ4v) is 3.05. The molecule has 1 aliphatic carbocycles. The second-order valence-electron chi connectivity index (χ2n) is 5.65. The van der Waals surface area contributed by atoms with E-state index in [1.807, 2.05) is 24.3 Å². The van der Waals surface area contributed by atoms with E-state index in [4.69, 9.17) is 15.5 Å². The lowest BCUT2D eigenvalue weighted by molar-refractivity contribution is 0.301. The Bertz CT molecular complexity index is 618. The van der Waals surface area contributed by atoms with Crippen molar-refractivity contribution in [3.8, 4) is 5.75 Å². The predicted molar refractivity (Wildman–Crippen MR) is 84.6 cm³/mol. The van der Waals surface area contributed by atoms with E-state index in [1.165, 1.54) is 30.7 Å². The minimum atomic E-state index is 0.681. The highest BCUT2D eigenvalue weighted by molar-refractivity contribution is 5.51. The Hall–Kier alpha value is -1.97. The minimum Gasteiger partial charge on any atom is -0.491 e. The van der Waals surface area contributed by atoms with Gasteiger partial charge >= 0.3 is 0 Å². The first-order valence-electron chi connectivity index (χ1n) is 7.78. The van der Waals surface area contributed by atoms with Gasteiger partial charge in [-0.2, -0.15) is 0 Å². The van der Waals surface area contributed by atoms with Gasteiger partial charge in [0.05, 0.1) is 18.0 Å². The molecule has 2 N–H and O–H groups in total. The molecule has 0 radical (unpaired) electrons. The van der Waals surface area contributed by atoms with Crippen molar-refractivity contribution in [2.75, 3.05) is 12.3 Å². The van der Waals surface area contributed by atoms with E-state index in [0.717, 1.165) is 31.0 Å². The highest BCUT2D eigenvalue weighted by Crippen LogP contribution is 2.23. The van der Waals surface area contributed by atoms with Gasteiger partial charge in [0.1, 0.15) is 11.6 Å². The second kappa shape index (κ2) is 6.20. The largest absolute Gasteiger partial charge is 0.491 e. The topological polar surface area (TPSA) is 53.1 Å². The van der Waals surface area contributed by atoms with Gasteiger partial charge in [-0.3, -0.25) is 0 Å². The number of ether oxygens (including phenoxy) is 1. The Morgan fingerprint density at radius 2 is 2.05 bits per heavy atom. The van der Waals surface area contributed by atoms with Crippen molar-refractivity contribution >= 4 is 5.69 Å². The summed E-state index contributed by atoms with van der Waals surface area (Å²) in [6.07, 6.45) is 5.84. The van der Waals surface area contributed by atoms with Gasteiger partial charge in [0.2, 0.25) is 0 Å². The number of aromatic nitrogens is 2. The van der Waals surface area contributed by atoms with Crippen LogP contribution in [-0.4, -0.2) is 16.2 Å². The van der Waals surface area contributed by atoms with Gasteiger partial charge in [0, 0.05) is 12.2 Å². The smallest absolute Gasteiger partial charge is 0.142 e. The lowest BCUT2D eigenvalue weighted by atomic mass is 10.0. The van der Waals surface area contributed by atoms with E-state index in [-0.39, 0.29) is 0 Å². The van der Waals surface area contributed by atoms with E-state index in [9.17, 15) is 0 Å². The van der Waals surface area contributed by atoms with Gasteiger partial charge in [-0.05, 0) is 51.2 Å². The van der Waals surface area contributed by atoms with Crippen molar-refractivity contribution in [1.29, 1.82) is 0 Å². The lowest BCUT2D eigenvalue weighted by Gasteiger charge is -2.15. The molecule has 0 aliphatic heterocycles. The molecule has 2 aromatic rings. The maximum absolute atomic E-state index is 5.87. The molecule has 0 fully saturated rings. The van der Waals surface area contributed by atoms with E-state index in [1.54, 1.807) is 0 Å². The standard InChI is InChI=1S/C17H23N3O/c1-13-19-15-8-3-4-9-16(15)20(13)11-6-12-21-17-10-5-2-7-14(17)18/h2,5,7,10H,3-4,6,8-9,11-12,18H2,1H3. The number of imidazole rings is 1. The highest BCUT2D eigenvalue weighted by Gasteiger charge is 2.17. The fraction of sp³-hybridized carbons (Fsp3) is 0.471. The van der Waals surface area contributed by atoms with Gasteiger partial charge in [-0.1, -0.05) is 12.1 Å². The van der Waals surface area contributed by atoms with Crippen molar-refractivity contribution in [3.63, 3.8) is 0 Å². The molecule has 0 amide bonds. The van der Waals surface area contributed by atoms with Crippen molar-refractivity contribution in [2.45, 2.75) is 45.6 Å². The zero-order chi connectivity index (χ0) is 14.7. The summed E-state index contributed by atoms with van der Waals surface area (Å²) in [4.78, 5) is 4.70. The monoisotopic (exact) mass is 285 g/mol. The maximum atomic E-state index is 5.87. The van der Waals surface area contributed by atoms with Gasteiger partial charge < -0.3 is 15.0 Å². The molecule has 1 heterocycles. The van der Waals surface area contributed by atoms with Crippen molar-refractivity contribution in [1.82, 2.24) is 9.55 Å². The third kappa shape index (κ3) is 3.04. The van der Waals surface area contributed by atoms with Crippen molar-refractivity contribution in [2.24, 2.45) is 0 Å². The molecule has 0 spiro atoms. The average molecular weight is 285 g/mol. The molecule has 1 aromatic heterocycles. The molecule has 0 saturated carbocycles. The Balaban J connectivity index is 1.56. The molecule has 112 valence electrons. The summed E-state index contributed by atoms with van der Waals surface area (Å²) >= 11 is 0. The van der Waals surface area contributed by atoms with Crippen LogP contribution in [0.25, 0.3) is 0 Å². The number of nitrogens with two attached hydrogens (primary N) is 1. The Morgan fingerprint density at radius 3 is 2.90 bits per heavy atom. The molecular weight excluding hydrogens is 262 g/mol. The second-order valence-corrected chi connectivity index (χ2v) is 5.65. The van der Waals surface area contributed by atoms with Crippen LogP contribution in [0, 0.1) is 6.92 Å². The van der Waals surface area contributed by atoms with Crippen LogP contribution < -0.4 is 10.5 Å². The van der Waals surface area contributed by atoms with Crippen LogP contribution in [0.15, 0.2) is 24.3 Å². The number of nitrogen functional groups attached to an aromatic ring is 1. The van der Waals surface area contributed by atoms with Gasteiger partial charge in [0.25, 0.3) is 0 Å². The first kappa shape index (κ1) is 14.0. The van der Waals surface area contributed by atoms with Gasteiger partial charge in [-0.25, -0.2) is 4.98 Å². The molecule has 0 atom stereocenters. The van der Waals surface area contributed by atoms with E-state index < -0.39 is 0 Å². The van der Waals surface area contributed by atoms with E-state index in [2.05, 4.69) is 11.5 Å². The molecule has 0 unspecified atom stereocenters. The van der Waals surface area contributed by atoms with Crippen LogP contribution in [0.2, 0.25) is 0 Å². The number of aryl methyl sites for hydroxylation is 2. The molecule has 4 heteroatoms. The first-order valence-corrected chi connectivity index (χ1v) is 7.78. The molecule has 1 aromatic carbocycles. The number of hydrogen-bond acceptors (Lipinski definition) is 3. The van der Waals surface area contributed by atoms with Crippen LogP contribution >= 0.6 is 0 Å². The van der Waals surface area contributed by atoms with Gasteiger partial charge in [0.15, 0.2) is 0 Å². The number of hydrogen-bond donors (Lipinski definition) is 1. The molecular formula is C17H23N3O. The van der Waals surface area contributed by atoms with Crippen LogP contribution in [-0.2, 0) is 19.4 Å². The number of benzene rings is 1. The molecule has 0 bridgehead atoms. The Labute approximate surface area is 125 Å². The minimum absolute atomic E-state index is 0.681. The molecule has 4 nitrogen and oxygen atoms in total. The fourth-order valence-electron chi connectivity index (χ4n) is 3.05.